The van der Waals surface area contributed by atoms with Crippen LogP contribution in [-0.2, 0) is 13.1 Å². The molecule has 1 aliphatic heterocycles. The van der Waals surface area contributed by atoms with E-state index in [0.717, 1.165) is 43.4 Å². The molecule has 6 heteroatoms. The molecule has 0 unspecified atom stereocenters. The maximum atomic E-state index is 4.46. The molecule has 2 heterocycles. The van der Waals surface area contributed by atoms with E-state index in [0.29, 0.717) is 6.54 Å². The highest BCUT2D eigenvalue weighted by atomic mass is 15.5. The third-order valence-electron chi connectivity index (χ3n) is 2.89. The second-order valence-electron chi connectivity index (χ2n) is 4.25. The topological polar surface area (TPSA) is 58.3 Å². The fourth-order valence-electron chi connectivity index (χ4n) is 1.84. The summed E-state index contributed by atoms with van der Waals surface area (Å²) in [7, 11) is 2.06. The van der Waals surface area contributed by atoms with Crippen LogP contribution < -0.4 is 5.32 Å². The van der Waals surface area contributed by atoms with E-state index in [1.165, 1.54) is 0 Å². The third kappa shape index (κ3) is 2.75. The van der Waals surface area contributed by atoms with Gasteiger partial charge >= 0.3 is 0 Å². The number of nitrogens with zero attached hydrogens (tertiary/aromatic N) is 5. The molecule has 0 fully saturated rings. The van der Waals surface area contributed by atoms with Gasteiger partial charge in [-0.25, -0.2) is 0 Å². The van der Waals surface area contributed by atoms with Crippen LogP contribution in [0.2, 0.25) is 0 Å². The lowest BCUT2D eigenvalue weighted by atomic mass is 10.3. The van der Waals surface area contributed by atoms with Gasteiger partial charge in [0, 0.05) is 20.1 Å². The highest BCUT2D eigenvalue weighted by molar-refractivity contribution is 5.80. The Morgan fingerprint density at radius 3 is 2.82 bits per heavy atom. The Morgan fingerprint density at radius 2 is 2.18 bits per heavy atom. The van der Waals surface area contributed by atoms with Gasteiger partial charge in [-0.05, 0) is 20.3 Å². The molecular weight excluding hydrogens is 216 g/mol. The van der Waals surface area contributed by atoms with Crippen molar-refractivity contribution in [3.63, 3.8) is 0 Å². The van der Waals surface area contributed by atoms with Crippen LogP contribution in [0.4, 0.5) is 0 Å². The molecular formula is C11H20N6. The fourth-order valence-corrected chi connectivity index (χ4v) is 1.84. The molecule has 0 atom stereocenters. The number of rotatable bonds is 3. The van der Waals surface area contributed by atoms with Crippen molar-refractivity contribution in [3.05, 3.63) is 11.4 Å². The average Bonchev–Trinajstić information content (AvgIpc) is 2.69. The zero-order valence-corrected chi connectivity index (χ0v) is 10.8. The van der Waals surface area contributed by atoms with Crippen LogP contribution in [-0.4, -0.2) is 46.0 Å². The smallest absolute Gasteiger partial charge is 0.193 e. The standard InChI is InChI=1S/C11H20N6/c1-4-17-14-9(2)10(15-17)8-13-11-12-6-5-7-16(11)3/h4-8H2,1-3H3,(H,12,13). The van der Waals surface area contributed by atoms with Crippen LogP contribution in [0.3, 0.4) is 0 Å². The highest BCUT2D eigenvalue weighted by Crippen LogP contribution is 2.02. The summed E-state index contributed by atoms with van der Waals surface area (Å²) >= 11 is 0. The van der Waals surface area contributed by atoms with Crippen molar-refractivity contribution >= 4 is 5.96 Å². The second-order valence-corrected chi connectivity index (χ2v) is 4.25. The van der Waals surface area contributed by atoms with Gasteiger partial charge < -0.3 is 10.2 Å². The molecule has 1 N–H and O–H groups in total. The van der Waals surface area contributed by atoms with E-state index in [1.807, 2.05) is 13.8 Å². The van der Waals surface area contributed by atoms with Crippen molar-refractivity contribution in [2.45, 2.75) is 33.4 Å². The largest absolute Gasteiger partial charge is 0.350 e. The molecule has 17 heavy (non-hydrogen) atoms. The molecule has 2 rings (SSSR count). The van der Waals surface area contributed by atoms with Gasteiger partial charge in [-0.15, -0.1) is 0 Å². The zero-order chi connectivity index (χ0) is 12.3. The Morgan fingerprint density at radius 1 is 1.35 bits per heavy atom. The molecule has 1 aromatic heterocycles. The van der Waals surface area contributed by atoms with Crippen molar-refractivity contribution in [2.24, 2.45) is 4.99 Å². The van der Waals surface area contributed by atoms with Gasteiger partial charge in [0.05, 0.1) is 18.8 Å². The van der Waals surface area contributed by atoms with E-state index in [-0.39, 0.29) is 0 Å². The van der Waals surface area contributed by atoms with E-state index in [4.69, 9.17) is 0 Å². The Bertz CT molecular complexity index is 408. The number of aliphatic imine (C=N–C) groups is 1. The first-order valence-corrected chi connectivity index (χ1v) is 6.10. The lowest BCUT2D eigenvalue weighted by Crippen LogP contribution is -2.41. The van der Waals surface area contributed by atoms with Crippen molar-refractivity contribution in [1.82, 2.24) is 25.2 Å². The van der Waals surface area contributed by atoms with E-state index in [2.05, 4.69) is 32.5 Å². The van der Waals surface area contributed by atoms with Gasteiger partial charge in [-0.3, -0.25) is 4.99 Å². The summed E-state index contributed by atoms with van der Waals surface area (Å²) in [5.74, 6) is 0.960. The summed E-state index contributed by atoms with van der Waals surface area (Å²) in [6.07, 6.45) is 1.13. The van der Waals surface area contributed by atoms with Crippen LogP contribution in [0.5, 0.6) is 0 Å². The molecule has 1 aromatic rings. The lowest BCUT2D eigenvalue weighted by Gasteiger charge is -2.25. The zero-order valence-electron chi connectivity index (χ0n) is 10.8. The van der Waals surface area contributed by atoms with Gasteiger partial charge in [0.15, 0.2) is 5.96 Å². The van der Waals surface area contributed by atoms with Crippen molar-refractivity contribution in [2.75, 3.05) is 20.1 Å². The Hall–Kier alpha value is -1.59. The first-order valence-electron chi connectivity index (χ1n) is 6.10. The van der Waals surface area contributed by atoms with Gasteiger partial charge in [0.25, 0.3) is 0 Å². The van der Waals surface area contributed by atoms with Crippen molar-refractivity contribution < 1.29 is 0 Å². The summed E-state index contributed by atoms with van der Waals surface area (Å²) in [5, 5.41) is 12.1. The second kappa shape index (κ2) is 5.16. The van der Waals surface area contributed by atoms with Crippen LogP contribution in [0.25, 0.3) is 0 Å². The van der Waals surface area contributed by atoms with Crippen molar-refractivity contribution in [3.8, 4) is 0 Å². The monoisotopic (exact) mass is 236 g/mol. The van der Waals surface area contributed by atoms with Crippen LogP contribution >= 0.6 is 0 Å². The summed E-state index contributed by atoms with van der Waals surface area (Å²) in [6.45, 7) is 7.49. The van der Waals surface area contributed by atoms with Gasteiger partial charge in [0.1, 0.15) is 5.69 Å². The van der Waals surface area contributed by atoms with E-state index >= 15 is 0 Å². The SMILES string of the molecule is CCn1nc(C)c(CNC2=NCCCN2C)n1. The maximum Gasteiger partial charge on any atom is 0.193 e. The minimum atomic E-state index is 0.689. The molecule has 0 spiro atoms. The number of aromatic nitrogens is 3. The summed E-state index contributed by atoms with van der Waals surface area (Å²) in [5.41, 5.74) is 1.98. The molecule has 94 valence electrons. The number of hydrogen-bond donors (Lipinski definition) is 1. The first kappa shape index (κ1) is 11.9. The fraction of sp³-hybridized carbons (Fsp3) is 0.727. The minimum absolute atomic E-state index is 0.689. The van der Waals surface area contributed by atoms with E-state index in [1.54, 1.807) is 4.80 Å². The molecule has 1 aliphatic rings. The normalized spacial score (nSPS) is 15.9. The number of nitrogens with one attached hydrogen (secondary N) is 1. The molecule has 6 nitrogen and oxygen atoms in total. The summed E-state index contributed by atoms with van der Waals surface area (Å²) < 4.78 is 0. The van der Waals surface area contributed by atoms with Gasteiger partial charge in [-0.2, -0.15) is 15.0 Å². The van der Waals surface area contributed by atoms with Crippen molar-refractivity contribution in [1.29, 1.82) is 0 Å². The molecule has 0 saturated heterocycles. The van der Waals surface area contributed by atoms with E-state index in [9.17, 15) is 0 Å². The van der Waals surface area contributed by atoms with Gasteiger partial charge in [0.2, 0.25) is 0 Å². The third-order valence-corrected chi connectivity index (χ3v) is 2.89. The highest BCUT2D eigenvalue weighted by Gasteiger charge is 2.12. The first-order chi connectivity index (χ1) is 8.20. The van der Waals surface area contributed by atoms with Gasteiger partial charge in [-0.1, -0.05) is 0 Å². The van der Waals surface area contributed by atoms with Crippen LogP contribution in [0, 0.1) is 6.92 Å². The quantitative estimate of drug-likeness (QED) is 0.824. The Kier molecular flexibility index (Phi) is 3.61. The maximum absolute atomic E-state index is 4.46. The molecule has 0 amide bonds. The summed E-state index contributed by atoms with van der Waals surface area (Å²) in [6, 6.07) is 0. The van der Waals surface area contributed by atoms with Crippen LogP contribution in [0.1, 0.15) is 24.7 Å². The average molecular weight is 236 g/mol. The Balaban J connectivity index is 1.97. The predicted octanol–water partition coefficient (Wildman–Crippen LogP) is 0.388. The predicted molar refractivity (Wildman–Crippen MR) is 66.8 cm³/mol. The lowest BCUT2D eigenvalue weighted by molar-refractivity contribution is 0.445. The molecule has 0 aromatic carbocycles. The molecule has 0 bridgehead atoms. The Labute approximate surface area is 102 Å². The molecule has 0 saturated carbocycles. The minimum Gasteiger partial charge on any atom is -0.350 e. The number of guanidine groups is 1. The molecule has 0 aliphatic carbocycles. The van der Waals surface area contributed by atoms with Crippen LogP contribution in [0.15, 0.2) is 4.99 Å². The van der Waals surface area contributed by atoms with E-state index < -0.39 is 0 Å². The number of aryl methyl sites for hydroxylation is 2. The molecule has 0 radical (unpaired) electrons. The summed E-state index contributed by atoms with van der Waals surface area (Å²) in [4.78, 5) is 8.32. The number of hydrogen-bond acceptors (Lipinski definition) is 5.